The zero-order chi connectivity index (χ0) is 23.1. The third-order valence-corrected chi connectivity index (χ3v) is 5.30. The van der Waals surface area contributed by atoms with E-state index in [0.717, 1.165) is 29.7 Å². The van der Waals surface area contributed by atoms with Gasteiger partial charge in [-0.25, -0.2) is 0 Å². The predicted octanol–water partition coefficient (Wildman–Crippen LogP) is 3.47. The van der Waals surface area contributed by atoms with E-state index in [4.69, 9.17) is 0 Å². The maximum atomic E-state index is 12.0. The van der Waals surface area contributed by atoms with E-state index in [1.54, 1.807) is 12.1 Å². The lowest BCUT2D eigenvalue weighted by atomic mass is 10.0. The monoisotopic (exact) mass is 437 g/mol. The number of phenolic OH excluding ortho intramolecular Hbond substituents is 1. The Kier molecular flexibility index (Phi) is 8.03. The van der Waals surface area contributed by atoms with Gasteiger partial charge < -0.3 is 25.8 Å². The minimum absolute atomic E-state index is 0.00138. The van der Waals surface area contributed by atoms with E-state index in [-0.39, 0.29) is 29.9 Å². The first kappa shape index (κ1) is 23.5. The number of phenols is 1. The number of carbonyl (C=O) groups excluding carboxylic acids is 1. The molecule has 1 heterocycles. The number of H-pyrrole nitrogens is 1. The smallest absolute Gasteiger partial charge is 0.248 e. The molecule has 1 atom stereocenters. The van der Waals surface area contributed by atoms with E-state index in [1.807, 2.05) is 38.1 Å². The molecular weight excluding hydrogens is 406 g/mol. The third-order valence-electron chi connectivity index (χ3n) is 5.30. The molecule has 5 N–H and O–H groups in total. The molecule has 1 aromatic heterocycles. The molecule has 0 bridgehead atoms. The van der Waals surface area contributed by atoms with Crippen LogP contribution in [0.2, 0.25) is 0 Å². The van der Waals surface area contributed by atoms with Gasteiger partial charge in [-0.3, -0.25) is 9.59 Å². The highest BCUT2D eigenvalue weighted by Gasteiger charge is 2.15. The van der Waals surface area contributed by atoms with Crippen molar-refractivity contribution in [1.82, 2.24) is 10.3 Å². The van der Waals surface area contributed by atoms with Crippen molar-refractivity contribution in [2.75, 3.05) is 18.5 Å². The summed E-state index contributed by atoms with van der Waals surface area (Å²) in [7, 11) is 0. The number of pyridine rings is 1. The van der Waals surface area contributed by atoms with E-state index in [2.05, 4.69) is 15.6 Å². The van der Waals surface area contributed by atoms with Gasteiger partial charge in [-0.1, -0.05) is 32.0 Å². The Bertz CT molecular complexity index is 1120. The molecule has 1 unspecified atom stereocenters. The number of amides is 1. The maximum absolute atomic E-state index is 12.0. The summed E-state index contributed by atoms with van der Waals surface area (Å²) in [5.74, 6) is 0.334. The third kappa shape index (κ3) is 6.18. The van der Waals surface area contributed by atoms with Crippen LogP contribution in [0.15, 0.2) is 53.3 Å². The number of anilines is 1. The second-order valence-corrected chi connectivity index (χ2v) is 8.42. The van der Waals surface area contributed by atoms with Crippen LogP contribution < -0.4 is 16.2 Å². The van der Waals surface area contributed by atoms with Gasteiger partial charge in [-0.05, 0) is 60.7 Å². The van der Waals surface area contributed by atoms with E-state index in [9.17, 15) is 19.8 Å². The normalized spacial score (nSPS) is 12.2. The standard InChI is InChI=1S/C25H31N3O4/c1-16(2)13-24(32)27-18-7-3-5-17(14-18)6-4-12-26-21(15-29)19-8-10-22(30)25-20(19)9-11-23(31)28-25/h3,5,7-11,14,16,21,26,29-30H,4,6,12-13,15H2,1-2H3,(H,27,32)(H,28,31). The first-order valence-electron chi connectivity index (χ1n) is 11.0. The number of aromatic amines is 1. The number of hydrogen-bond acceptors (Lipinski definition) is 5. The van der Waals surface area contributed by atoms with Crippen LogP contribution in [0.5, 0.6) is 5.75 Å². The average Bonchev–Trinajstić information content (AvgIpc) is 2.74. The van der Waals surface area contributed by atoms with Gasteiger partial charge in [0.1, 0.15) is 5.75 Å². The van der Waals surface area contributed by atoms with Crippen LogP contribution >= 0.6 is 0 Å². The van der Waals surface area contributed by atoms with E-state index < -0.39 is 0 Å². The Morgan fingerprint density at radius 2 is 1.94 bits per heavy atom. The molecule has 3 rings (SSSR count). The van der Waals surface area contributed by atoms with Crippen molar-refractivity contribution in [3.05, 3.63) is 70.0 Å². The van der Waals surface area contributed by atoms with Gasteiger partial charge in [0.25, 0.3) is 0 Å². The number of aliphatic hydroxyl groups excluding tert-OH is 1. The van der Waals surface area contributed by atoms with Crippen LogP contribution in [0.4, 0.5) is 5.69 Å². The van der Waals surface area contributed by atoms with E-state index >= 15 is 0 Å². The number of aliphatic hydroxyl groups is 1. The van der Waals surface area contributed by atoms with Gasteiger partial charge in [0.15, 0.2) is 0 Å². The second-order valence-electron chi connectivity index (χ2n) is 8.42. The molecule has 1 amide bonds. The zero-order valence-corrected chi connectivity index (χ0v) is 18.5. The fourth-order valence-electron chi connectivity index (χ4n) is 3.79. The van der Waals surface area contributed by atoms with Crippen molar-refractivity contribution in [2.24, 2.45) is 5.92 Å². The van der Waals surface area contributed by atoms with E-state index in [0.29, 0.717) is 29.8 Å². The number of hydrogen-bond donors (Lipinski definition) is 5. The molecule has 2 aromatic carbocycles. The van der Waals surface area contributed by atoms with Crippen molar-refractivity contribution in [3.8, 4) is 5.75 Å². The molecule has 0 fully saturated rings. The average molecular weight is 438 g/mol. The molecule has 3 aromatic rings. The first-order valence-corrected chi connectivity index (χ1v) is 11.0. The highest BCUT2D eigenvalue weighted by atomic mass is 16.3. The molecule has 0 aliphatic rings. The molecule has 0 aliphatic carbocycles. The summed E-state index contributed by atoms with van der Waals surface area (Å²) in [6, 6.07) is 13.9. The number of aromatic hydroxyl groups is 1. The predicted molar refractivity (Wildman–Crippen MR) is 127 cm³/mol. The summed E-state index contributed by atoms with van der Waals surface area (Å²) >= 11 is 0. The van der Waals surface area contributed by atoms with Crippen LogP contribution in [-0.4, -0.2) is 34.3 Å². The number of aryl methyl sites for hydroxylation is 1. The lowest BCUT2D eigenvalue weighted by Crippen LogP contribution is -2.26. The van der Waals surface area contributed by atoms with Gasteiger partial charge in [0.2, 0.25) is 11.5 Å². The summed E-state index contributed by atoms with van der Waals surface area (Å²) in [5.41, 5.74) is 2.82. The molecule has 0 aliphatic heterocycles. The van der Waals surface area contributed by atoms with Crippen molar-refractivity contribution in [3.63, 3.8) is 0 Å². The Morgan fingerprint density at radius 3 is 2.69 bits per heavy atom. The van der Waals surface area contributed by atoms with E-state index in [1.165, 1.54) is 12.1 Å². The van der Waals surface area contributed by atoms with Crippen LogP contribution in [0.1, 0.15) is 43.9 Å². The molecular formula is C25H31N3O4. The summed E-state index contributed by atoms with van der Waals surface area (Å²) in [4.78, 5) is 26.2. The molecule has 7 heteroatoms. The quantitative estimate of drug-likeness (QED) is 0.312. The molecule has 32 heavy (non-hydrogen) atoms. The van der Waals surface area contributed by atoms with Crippen LogP contribution in [-0.2, 0) is 11.2 Å². The summed E-state index contributed by atoms with van der Waals surface area (Å²) in [6.45, 7) is 4.59. The number of rotatable bonds is 10. The highest BCUT2D eigenvalue weighted by Crippen LogP contribution is 2.28. The van der Waals surface area contributed by atoms with Crippen molar-refractivity contribution >= 4 is 22.5 Å². The van der Waals surface area contributed by atoms with Crippen LogP contribution in [0.25, 0.3) is 10.9 Å². The van der Waals surface area contributed by atoms with Crippen molar-refractivity contribution in [1.29, 1.82) is 0 Å². The van der Waals surface area contributed by atoms with Crippen LogP contribution in [0.3, 0.4) is 0 Å². The van der Waals surface area contributed by atoms with Crippen LogP contribution in [0, 0.1) is 5.92 Å². The highest BCUT2D eigenvalue weighted by molar-refractivity contribution is 5.91. The number of carbonyl (C=O) groups is 1. The SMILES string of the molecule is CC(C)CC(=O)Nc1cccc(CCCNC(CO)c2ccc(O)c3[nH]c(=O)ccc23)c1. The minimum Gasteiger partial charge on any atom is -0.506 e. The minimum atomic E-state index is -0.328. The van der Waals surface area contributed by atoms with Gasteiger partial charge in [0, 0.05) is 23.6 Å². The molecule has 170 valence electrons. The number of nitrogens with one attached hydrogen (secondary N) is 3. The molecule has 0 saturated heterocycles. The number of benzene rings is 2. The lowest BCUT2D eigenvalue weighted by Gasteiger charge is -2.19. The summed E-state index contributed by atoms with van der Waals surface area (Å²) in [6.07, 6.45) is 2.16. The fraction of sp³-hybridized carbons (Fsp3) is 0.360. The topological polar surface area (TPSA) is 114 Å². The van der Waals surface area contributed by atoms with Gasteiger partial charge in [-0.15, -0.1) is 0 Å². The Labute approximate surface area is 187 Å². The molecule has 0 radical (unpaired) electrons. The van der Waals surface area contributed by atoms with Crippen molar-refractivity contribution < 1.29 is 15.0 Å². The number of fused-ring (bicyclic) bond motifs is 1. The summed E-state index contributed by atoms with van der Waals surface area (Å²) < 4.78 is 0. The molecule has 7 nitrogen and oxygen atoms in total. The van der Waals surface area contributed by atoms with Crippen molar-refractivity contribution in [2.45, 2.75) is 39.2 Å². The van der Waals surface area contributed by atoms with Gasteiger partial charge >= 0.3 is 0 Å². The van der Waals surface area contributed by atoms with Gasteiger partial charge in [0.05, 0.1) is 18.2 Å². The largest absolute Gasteiger partial charge is 0.506 e. The first-order chi connectivity index (χ1) is 15.4. The van der Waals surface area contributed by atoms with Gasteiger partial charge in [-0.2, -0.15) is 0 Å². The number of aromatic nitrogens is 1. The molecule has 0 saturated carbocycles. The Balaban J connectivity index is 1.59. The second kappa shape index (κ2) is 10.9. The lowest BCUT2D eigenvalue weighted by molar-refractivity contribution is -0.116. The summed E-state index contributed by atoms with van der Waals surface area (Å²) in [5, 5.41) is 27.0. The zero-order valence-electron chi connectivity index (χ0n) is 18.5. The molecule has 0 spiro atoms. The Morgan fingerprint density at radius 1 is 1.12 bits per heavy atom. The maximum Gasteiger partial charge on any atom is 0.248 e. The Hall–Kier alpha value is -3.16. The fourth-order valence-corrected chi connectivity index (χ4v) is 3.79.